The molecule has 0 unspecified atom stereocenters. The number of likely N-dealkylation sites (tertiary alicyclic amines) is 4. The minimum atomic E-state index is -0.368. The van der Waals surface area contributed by atoms with Gasteiger partial charge in [-0.05, 0) is 204 Å². The van der Waals surface area contributed by atoms with Gasteiger partial charge in [-0.2, -0.15) is 0 Å². The van der Waals surface area contributed by atoms with Gasteiger partial charge in [0.1, 0.15) is 44.6 Å². The van der Waals surface area contributed by atoms with E-state index in [4.69, 9.17) is 23.7 Å². The van der Waals surface area contributed by atoms with E-state index in [-0.39, 0.29) is 165 Å². The number of nitrogens with zero attached hydrogens (tertiary/aromatic N) is 6. The minimum Gasteiger partial charge on any atom is -0.369 e. The number of ketones is 2. The van der Waals surface area contributed by atoms with Crippen molar-refractivity contribution < 1.29 is 66.8 Å². The van der Waals surface area contributed by atoms with Crippen LogP contribution >= 0.6 is 0 Å². The highest BCUT2D eigenvalue weighted by molar-refractivity contribution is 5.84. The van der Waals surface area contributed by atoms with Gasteiger partial charge in [-0.15, -0.1) is 0 Å². The van der Waals surface area contributed by atoms with Crippen LogP contribution in [0.2, 0.25) is 0 Å². The summed E-state index contributed by atoms with van der Waals surface area (Å²) in [6, 6.07) is 0.939. The summed E-state index contributed by atoms with van der Waals surface area (Å²) >= 11 is 0. The van der Waals surface area contributed by atoms with Crippen LogP contribution < -0.4 is 10.6 Å². The number of hydrogen-bond donors (Lipinski definition) is 2. The lowest BCUT2D eigenvalue weighted by Gasteiger charge is -2.37. The summed E-state index contributed by atoms with van der Waals surface area (Å²) in [7, 11) is 0. The lowest BCUT2D eigenvalue weighted by atomic mass is 9.82. The molecule has 5 aliphatic heterocycles. The highest BCUT2D eigenvalue weighted by Gasteiger charge is 2.34. The number of nitrogens with one attached hydrogen (secondary N) is 2. The zero-order valence-corrected chi connectivity index (χ0v) is 72.0. The molecule has 5 heterocycles. The van der Waals surface area contributed by atoms with E-state index in [2.05, 4.69) is 91.7 Å². The van der Waals surface area contributed by atoms with Gasteiger partial charge >= 0.3 is 0 Å². The maximum atomic E-state index is 12.3. The summed E-state index contributed by atoms with van der Waals surface area (Å²) in [5.41, 5.74) is -0.872. The van der Waals surface area contributed by atoms with E-state index in [1.54, 1.807) is 0 Å². The third-order valence-corrected chi connectivity index (χ3v) is 18.5. The van der Waals surface area contributed by atoms with E-state index in [9.17, 15) is 43.2 Å². The van der Waals surface area contributed by atoms with Gasteiger partial charge in [-0.1, -0.05) is 105 Å². The predicted octanol–water partition coefficient (Wildman–Crippen LogP) is 14.8. The Morgan fingerprint density at radius 1 is 0.352 bits per heavy atom. The first-order chi connectivity index (χ1) is 47.9. The van der Waals surface area contributed by atoms with Gasteiger partial charge in [-0.25, -0.2) is 0 Å². The molecule has 0 aromatic rings. The van der Waals surface area contributed by atoms with E-state index in [1.165, 1.54) is 0 Å². The molecule has 5 aliphatic rings. The topological polar surface area (TPSA) is 243 Å². The third kappa shape index (κ3) is 52.6. The Morgan fingerprint density at radius 3 is 0.926 bits per heavy atom. The highest BCUT2D eigenvalue weighted by atomic mass is 16.5. The van der Waals surface area contributed by atoms with Crippen LogP contribution in [0.4, 0.5) is 0 Å². The van der Waals surface area contributed by atoms with Crippen LogP contribution in [0.1, 0.15) is 312 Å². The van der Waals surface area contributed by atoms with Gasteiger partial charge in [0.2, 0.25) is 41.4 Å². The van der Waals surface area contributed by atoms with Crippen molar-refractivity contribution in [1.29, 1.82) is 0 Å². The Morgan fingerprint density at radius 2 is 0.639 bits per heavy atom. The molecule has 108 heavy (non-hydrogen) atoms. The molecule has 0 aromatic carbocycles. The third-order valence-electron chi connectivity index (χ3n) is 18.5. The molecule has 0 bridgehead atoms. The van der Waals surface area contributed by atoms with Crippen molar-refractivity contribution in [3.63, 3.8) is 0 Å². The molecule has 5 rings (SSSR count). The van der Waals surface area contributed by atoms with Gasteiger partial charge < -0.3 is 58.8 Å². The van der Waals surface area contributed by atoms with Crippen molar-refractivity contribution in [3.8, 4) is 0 Å². The summed E-state index contributed by atoms with van der Waals surface area (Å²) in [6.45, 7) is 66.7. The van der Waals surface area contributed by atoms with Crippen molar-refractivity contribution in [2.45, 2.75) is 359 Å². The van der Waals surface area contributed by atoms with Crippen molar-refractivity contribution in [3.05, 3.63) is 0 Å². The van der Waals surface area contributed by atoms with Gasteiger partial charge in [0, 0.05) is 133 Å². The first-order valence-electron chi connectivity index (χ1n) is 39.9. The van der Waals surface area contributed by atoms with Crippen LogP contribution in [-0.4, -0.2) is 241 Å². The van der Waals surface area contributed by atoms with E-state index in [1.807, 2.05) is 142 Å². The molecule has 7 amide bonds. The molecule has 2 N–H and O–H groups in total. The van der Waals surface area contributed by atoms with E-state index in [0.717, 1.165) is 103 Å². The van der Waals surface area contributed by atoms with E-state index < -0.39 is 0 Å². The molecule has 22 nitrogen and oxygen atoms in total. The van der Waals surface area contributed by atoms with Crippen molar-refractivity contribution in [2.24, 2.45) is 33.5 Å². The smallest absolute Gasteiger partial charge is 0.248 e. The number of piperazine rings is 1. The maximum absolute atomic E-state index is 12.3. The first-order valence-corrected chi connectivity index (χ1v) is 39.9. The zero-order valence-electron chi connectivity index (χ0n) is 72.0. The molecule has 636 valence electrons. The average molecular weight is 1540 g/mol. The monoisotopic (exact) mass is 1540 g/mol. The summed E-state index contributed by atoms with van der Waals surface area (Å²) in [6.07, 6.45) is 12.5. The lowest BCUT2D eigenvalue weighted by Crippen LogP contribution is -2.51. The molecular formula is C86H168N8O14. The minimum absolute atomic E-state index is 0. The number of ether oxygens (including phenoxy) is 5. The second-order valence-electron chi connectivity index (χ2n) is 38.9. The SMILES string of the molecule is C.C.C.CC(C)(C)CC(=O)C1CCN(C(=O)COC(C)(C)C)CC1.CC(C)(C)CCCC(=O)C1CCN(C(=O)COC(C)(C)C)CC1.CC(C)(C)OCC(=O)N1CCC(NC(=O)C(C)(C)C)CC1.CC(C)N1CCN(C(=O)COC(C)(C)C)CC1.CC(C)OCC(=O)N1CCC(NC(=O)CCCC(C)(C)C)CC1. The summed E-state index contributed by atoms with van der Waals surface area (Å²) < 4.78 is 27.5. The van der Waals surface area contributed by atoms with E-state index >= 15 is 0 Å². The summed E-state index contributed by atoms with van der Waals surface area (Å²) in [5, 5.41) is 6.17. The quantitative estimate of drug-likeness (QED) is 0.0966. The Labute approximate surface area is 660 Å². The Balaban J connectivity index is -0.00000127. The second kappa shape index (κ2) is 49.8. The molecule has 0 spiro atoms. The van der Waals surface area contributed by atoms with Crippen LogP contribution in [0.15, 0.2) is 0 Å². The molecule has 0 saturated carbocycles. The fourth-order valence-electron chi connectivity index (χ4n) is 11.9. The molecule has 5 saturated heterocycles. The second-order valence-corrected chi connectivity index (χ2v) is 38.9. The number of hydrogen-bond acceptors (Lipinski definition) is 15. The maximum Gasteiger partial charge on any atom is 0.248 e. The van der Waals surface area contributed by atoms with Gasteiger partial charge in [-0.3, -0.25) is 48.1 Å². The number of carbonyl (C=O) groups excluding carboxylic acids is 9. The fourth-order valence-corrected chi connectivity index (χ4v) is 11.9. The number of carbonyl (C=O) groups is 9. The number of rotatable bonds is 23. The van der Waals surface area contributed by atoms with Crippen LogP contribution in [0, 0.1) is 33.5 Å². The van der Waals surface area contributed by atoms with Gasteiger partial charge in [0.05, 0.1) is 28.5 Å². The van der Waals surface area contributed by atoms with Crippen LogP contribution in [-0.2, 0) is 66.8 Å². The highest BCUT2D eigenvalue weighted by Crippen LogP contribution is 2.29. The molecule has 0 aliphatic carbocycles. The molecule has 0 aromatic heterocycles. The predicted molar refractivity (Wildman–Crippen MR) is 442 cm³/mol. The average Bonchev–Trinajstić information content (AvgIpc) is 0.865. The Hall–Kier alpha value is -4.61. The Kier molecular flexibility index (Phi) is 49.6. The zero-order chi connectivity index (χ0) is 80.7. The molecule has 0 radical (unpaired) electrons. The lowest BCUT2D eigenvalue weighted by molar-refractivity contribution is -0.143. The molecule has 5 fully saturated rings. The molecular weight excluding hydrogens is 1370 g/mol. The van der Waals surface area contributed by atoms with Crippen molar-refractivity contribution in [1.82, 2.24) is 40.0 Å². The fraction of sp³-hybridized carbons (Fsp3) is 0.895. The number of piperidine rings is 4. The van der Waals surface area contributed by atoms with Crippen LogP contribution in [0.25, 0.3) is 0 Å². The summed E-state index contributed by atoms with van der Waals surface area (Å²) in [5.74, 6) is 1.48. The molecule has 22 heteroatoms. The normalized spacial score (nSPS) is 17.1. The largest absolute Gasteiger partial charge is 0.369 e. The van der Waals surface area contributed by atoms with Crippen molar-refractivity contribution in [2.75, 3.05) is 112 Å². The first kappa shape index (κ1) is 108. The van der Waals surface area contributed by atoms with Gasteiger partial charge in [0.25, 0.3) is 0 Å². The number of amides is 7. The van der Waals surface area contributed by atoms with E-state index in [0.29, 0.717) is 94.6 Å². The Bertz CT molecular complexity index is 2590. The standard InChI is InChI=1S/C19H35NO3.C18H34N2O3.C17H31NO3.C16H30N2O3.C13H26N2O2.3CH4/c1-18(2,3)11-7-8-16(21)15-9-12-20(13-10-15)17(22)14-23-19(4,5)6;1-14(2)23-13-17(22)20-11-8-15(9-12-20)19-16(21)7-6-10-18(3,4)5;1-16(2,3)11-14(19)13-7-9-18(10-8-13)15(20)12-21-17(4,5)6;1-15(2,3)14(20)17-12-7-9-18(10-8-12)13(19)11-21-16(4,5)6;1-11(2)14-6-8-15(9-7-14)12(16)10-17-13(3,4)5;;;/h15H,7-14H2,1-6H3;14-15H,6-13H2,1-5H3,(H,19,21);13H,7-12H2,1-6H3;12H,7-11H2,1-6H3,(H,17,20);11H,6-10H2,1-5H3;3*1H4. The number of Topliss-reactive ketones (excluding diaryl/α,β-unsaturated/α-hetero) is 2. The van der Waals surface area contributed by atoms with Gasteiger partial charge in [0.15, 0.2) is 0 Å². The van der Waals surface area contributed by atoms with Crippen molar-refractivity contribution >= 4 is 52.9 Å². The molecule has 0 atom stereocenters. The van der Waals surface area contributed by atoms with Crippen LogP contribution in [0.5, 0.6) is 0 Å². The summed E-state index contributed by atoms with van der Waals surface area (Å²) in [4.78, 5) is 120. The van der Waals surface area contributed by atoms with Crippen LogP contribution in [0.3, 0.4) is 0 Å².